The van der Waals surface area contributed by atoms with Crippen molar-refractivity contribution in [1.29, 1.82) is 0 Å². The van der Waals surface area contributed by atoms with Crippen molar-refractivity contribution >= 4 is 5.91 Å². The highest BCUT2D eigenvalue weighted by molar-refractivity contribution is 5.91. The van der Waals surface area contributed by atoms with Gasteiger partial charge in [0.25, 0.3) is 5.91 Å². The van der Waals surface area contributed by atoms with E-state index in [2.05, 4.69) is 20.7 Å². The summed E-state index contributed by atoms with van der Waals surface area (Å²) in [5.74, 6) is -0.246. The fourth-order valence-electron chi connectivity index (χ4n) is 1.08. The fraction of sp³-hybridized carbons (Fsp3) is 0.625. The number of hydrogen-bond acceptors (Lipinski definition) is 4. The Morgan fingerprint density at radius 2 is 2.57 bits per heavy atom. The molecule has 0 fully saturated rings. The van der Waals surface area contributed by atoms with Crippen LogP contribution in [-0.2, 0) is 0 Å². The van der Waals surface area contributed by atoms with Crippen LogP contribution < -0.4 is 5.32 Å². The lowest BCUT2D eigenvalue weighted by Gasteiger charge is -2.11. The summed E-state index contributed by atoms with van der Waals surface area (Å²) in [5, 5.41) is 20.9. The Morgan fingerprint density at radius 3 is 3.14 bits per heavy atom. The fourth-order valence-corrected chi connectivity index (χ4v) is 1.08. The van der Waals surface area contributed by atoms with Crippen LogP contribution in [0.2, 0.25) is 0 Å². The van der Waals surface area contributed by atoms with Crippen LogP contribution in [0.25, 0.3) is 0 Å². The summed E-state index contributed by atoms with van der Waals surface area (Å²) in [6.07, 6.45) is 2.80. The quantitative estimate of drug-likeness (QED) is 0.605. The Labute approximate surface area is 81.7 Å². The van der Waals surface area contributed by atoms with E-state index in [0.29, 0.717) is 6.42 Å². The summed E-state index contributed by atoms with van der Waals surface area (Å²) < 4.78 is 0. The van der Waals surface area contributed by atoms with Crippen molar-refractivity contribution in [2.24, 2.45) is 0 Å². The largest absolute Gasteiger partial charge is 0.396 e. The maximum atomic E-state index is 11.4. The van der Waals surface area contributed by atoms with Gasteiger partial charge >= 0.3 is 0 Å². The van der Waals surface area contributed by atoms with E-state index in [0.717, 1.165) is 6.42 Å². The van der Waals surface area contributed by atoms with Crippen molar-refractivity contribution in [1.82, 2.24) is 20.7 Å². The van der Waals surface area contributed by atoms with Gasteiger partial charge in [-0.1, -0.05) is 0 Å². The lowest BCUT2D eigenvalue weighted by atomic mass is 10.2. The van der Waals surface area contributed by atoms with Gasteiger partial charge in [0, 0.05) is 12.6 Å². The zero-order chi connectivity index (χ0) is 10.4. The average Bonchev–Trinajstić information content (AvgIpc) is 2.67. The van der Waals surface area contributed by atoms with E-state index in [-0.39, 0.29) is 24.2 Å². The number of aromatic amines is 1. The van der Waals surface area contributed by atoms with Gasteiger partial charge in [-0.3, -0.25) is 4.79 Å². The van der Waals surface area contributed by atoms with Gasteiger partial charge in [-0.25, -0.2) is 0 Å². The lowest BCUT2D eigenvalue weighted by Crippen LogP contribution is -2.32. The van der Waals surface area contributed by atoms with Crippen molar-refractivity contribution in [3.8, 4) is 0 Å². The van der Waals surface area contributed by atoms with Crippen LogP contribution in [0.3, 0.4) is 0 Å². The van der Waals surface area contributed by atoms with Gasteiger partial charge in [0.05, 0.1) is 6.20 Å². The van der Waals surface area contributed by atoms with Crippen LogP contribution in [-0.4, -0.2) is 39.1 Å². The maximum Gasteiger partial charge on any atom is 0.273 e. The Balaban J connectivity index is 2.34. The van der Waals surface area contributed by atoms with Gasteiger partial charge in [-0.15, -0.1) is 0 Å². The molecule has 14 heavy (non-hydrogen) atoms. The van der Waals surface area contributed by atoms with Gasteiger partial charge in [-0.05, 0) is 19.8 Å². The highest BCUT2D eigenvalue weighted by Crippen LogP contribution is 1.97. The monoisotopic (exact) mass is 198 g/mol. The van der Waals surface area contributed by atoms with Crippen molar-refractivity contribution in [2.75, 3.05) is 6.61 Å². The van der Waals surface area contributed by atoms with Gasteiger partial charge < -0.3 is 10.4 Å². The minimum absolute atomic E-state index is 0.0337. The Kier molecular flexibility index (Phi) is 4.06. The molecule has 1 unspecified atom stereocenters. The van der Waals surface area contributed by atoms with Crippen LogP contribution in [0.1, 0.15) is 30.3 Å². The number of aliphatic hydroxyl groups excluding tert-OH is 1. The van der Waals surface area contributed by atoms with Crippen LogP contribution in [0.5, 0.6) is 0 Å². The molecule has 1 rings (SSSR count). The standard InChI is InChI=1S/C8H14N4O2/c1-6(3-2-4-13)10-8(14)7-5-9-12-11-7/h5-6,13H,2-4H2,1H3,(H,10,14)(H,9,11,12). The van der Waals surface area contributed by atoms with Crippen LogP contribution >= 0.6 is 0 Å². The number of nitrogens with zero attached hydrogens (tertiary/aromatic N) is 2. The zero-order valence-corrected chi connectivity index (χ0v) is 8.03. The van der Waals surface area contributed by atoms with Crippen molar-refractivity contribution in [2.45, 2.75) is 25.8 Å². The first-order chi connectivity index (χ1) is 6.74. The first-order valence-electron chi connectivity index (χ1n) is 4.51. The molecule has 6 nitrogen and oxygen atoms in total. The molecule has 0 aromatic carbocycles. The second-order valence-electron chi connectivity index (χ2n) is 3.10. The molecule has 1 atom stereocenters. The summed E-state index contributed by atoms with van der Waals surface area (Å²) >= 11 is 0. The molecule has 0 aliphatic carbocycles. The molecule has 0 saturated carbocycles. The van der Waals surface area contributed by atoms with Crippen molar-refractivity contribution in [3.05, 3.63) is 11.9 Å². The van der Waals surface area contributed by atoms with Crippen molar-refractivity contribution in [3.63, 3.8) is 0 Å². The maximum absolute atomic E-state index is 11.4. The number of amides is 1. The average molecular weight is 198 g/mol. The molecule has 0 spiro atoms. The lowest BCUT2D eigenvalue weighted by molar-refractivity contribution is 0.0931. The van der Waals surface area contributed by atoms with E-state index >= 15 is 0 Å². The first kappa shape index (κ1) is 10.6. The third kappa shape index (κ3) is 3.14. The predicted molar refractivity (Wildman–Crippen MR) is 49.6 cm³/mol. The molecular formula is C8H14N4O2. The smallest absolute Gasteiger partial charge is 0.273 e. The van der Waals surface area contributed by atoms with E-state index in [1.54, 1.807) is 0 Å². The number of H-pyrrole nitrogens is 1. The Morgan fingerprint density at radius 1 is 1.79 bits per heavy atom. The minimum atomic E-state index is -0.246. The molecule has 1 aromatic rings. The zero-order valence-electron chi connectivity index (χ0n) is 8.03. The van der Waals surface area contributed by atoms with E-state index < -0.39 is 0 Å². The highest BCUT2D eigenvalue weighted by atomic mass is 16.3. The number of carbonyl (C=O) groups is 1. The van der Waals surface area contributed by atoms with Gasteiger partial charge in [0.1, 0.15) is 0 Å². The SMILES string of the molecule is CC(CCCO)NC(=O)c1cn[nH]n1. The molecular weight excluding hydrogens is 184 g/mol. The number of rotatable bonds is 5. The second kappa shape index (κ2) is 5.33. The van der Waals surface area contributed by atoms with Gasteiger partial charge in [0.15, 0.2) is 5.69 Å². The number of aromatic nitrogens is 3. The molecule has 0 radical (unpaired) electrons. The molecule has 0 aliphatic heterocycles. The Bertz CT molecular complexity index is 273. The number of hydrogen-bond donors (Lipinski definition) is 3. The minimum Gasteiger partial charge on any atom is -0.396 e. The summed E-state index contributed by atoms with van der Waals surface area (Å²) in [6, 6.07) is 0.0337. The molecule has 1 heterocycles. The first-order valence-corrected chi connectivity index (χ1v) is 4.51. The summed E-state index contributed by atoms with van der Waals surface area (Å²) in [5.41, 5.74) is 0.279. The van der Waals surface area contributed by atoms with Crippen LogP contribution in [0, 0.1) is 0 Å². The van der Waals surface area contributed by atoms with Gasteiger partial charge in [-0.2, -0.15) is 15.4 Å². The van der Waals surface area contributed by atoms with E-state index in [9.17, 15) is 4.79 Å². The topological polar surface area (TPSA) is 90.9 Å². The molecule has 6 heteroatoms. The van der Waals surface area contributed by atoms with E-state index in [4.69, 9.17) is 5.11 Å². The molecule has 0 aliphatic rings. The molecule has 1 amide bonds. The number of nitrogens with one attached hydrogen (secondary N) is 2. The predicted octanol–water partition coefficient (Wildman–Crippen LogP) is -0.305. The summed E-state index contributed by atoms with van der Waals surface area (Å²) in [6.45, 7) is 2.03. The van der Waals surface area contributed by atoms with Gasteiger partial charge in [0.2, 0.25) is 0 Å². The molecule has 0 bridgehead atoms. The second-order valence-corrected chi connectivity index (χ2v) is 3.10. The highest BCUT2D eigenvalue weighted by Gasteiger charge is 2.11. The molecule has 78 valence electrons. The summed E-state index contributed by atoms with van der Waals surface area (Å²) in [7, 11) is 0. The third-order valence-corrected chi connectivity index (χ3v) is 1.82. The number of carbonyl (C=O) groups excluding carboxylic acids is 1. The van der Waals surface area contributed by atoms with Crippen LogP contribution in [0.15, 0.2) is 6.20 Å². The van der Waals surface area contributed by atoms with E-state index in [1.807, 2.05) is 6.92 Å². The molecule has 3 N–H and O–H groups in total. The molecule has 0 saturated heterocycles. The molecule has 1 aromatic heterocycles. The normalized spacial score (nSPS) is 12.4. The number of aliphatic hydroxyl groups is 1. The van der Waals surface area contributed by atoms with Crippen LogP contribution in [0.4, 0.5) is 0 Å². The van der Waals surface area contributed by atoms with E-state index in [1.165, 1.54) is 6.20 Å². The summed E-state index contributed by atoms with van der Waals surface area (Å²) in [4.78, 5) is 11.4. The van der Waals surface area contributed by atoms with Crippen molar-refractivity contribution < 1.29 is 9.90 Å². The third-order valence-electron chi connectivity index (χ3n) is 1.82. The Hall–Kier alpha value is -1.43.